The van der Waals surface area contributed by atoms with Crippen molar-refractivity contribution in [1.29, 1.82) is 0 Å². The lowest BCUT2D eigenvalue weighted by atomic mass is 9.70. The molecule has 0 heterocycles. The molecule has 0 saturated heterocycles. The molecule has 0 amide bonds. The summed E-state index contributed by atoms with van der Waals surface area (Å²) >= 11 is 0. The molecule has 0 nitrogen and oxygen atoms in total. The van der Waals surface area contributed by atoms with Crippen LogP contribution in [0.5, 0.6) is 0 Å². The van der Waals surface area contributed by atoms with Gasteiger partial charge >= 0.3 is 0 Å². The molecule has 0 fully saturated rings. The van der Waals surface area contributed by atoms with Crippen LogP contribution in [-0.2, 0) is 18.3 Å². The van der Waals surface area contributed by atoms with Crippen molar-refractivity contribution in [3.8, 4) is 11.1 Å². The summed E-state index contributed by atoms with van der Waals surface area (Å²) in [6.45, 7) is 7.75. The summed E-state index contributed by atoms with van der Waals surface area (Å²) in [7, 11) is 0. The van der Waals surface area contributed by atoms with E-state index in [-0.39, 0.29) is 5.41 Å². The monoisotopic (exact) mass is 482 g/mol. The van der Waals surface area contributed by atoms with Crippen LogP contribution < -0.4 is 0 Å². The van der Waals surface area contributed by atoms with E-state index in [0.717, 1.165) is 12.8 Å². The van der Waals surface area contributed by atoms with E-state index in [2.05, 4.69) is 110 Å². The lowest BCUT2D eigenvalue weighted by Gasteiger charge is -2.33. The van der Waals surface area contributed by atoms with Crippen LogP contribution in [0.1, 0.15) is 71.9 Å². The molecule has 4 aromatic rings. The fourth-order valence-electron chi connectivity index (χ4n) is 6.23. The van der Waals surface area contributed by atoms with Crippen molar-refractivity contribution in [3.05, 3.63) is 144 Å². The van der Waals surface area contributed by atoms with E-state index in [1.807, 2.05) is 12.2 Å². The van der Waals surface area contributed by atoms with Gasteiger partial charge in [-0.2, -0.15) is 0 Å². The first-order valence-corrected chi connectivity index (χ1v) is 13.9. The maximum absolute atomic E-state index is 3.88. The van der Waals surface area contributed by atoms with Crippen LogP contribution in [0, 0.1) is 0 Å². The van der Waals surface area contributed by atoms with Gasteiger partial charge in [0.05, 0.1) is 0 Å². The summed E-state index contributed by atoms with van der Waals surface area (Å²) in [6, 6.07) is 36.1. The molecule has 0 atom stereocenters. The number of fused-ring (bicyclic) bond motifs is 3. The first kappa shape index (κ1) is 25.0. The Kier molecular flexibility index (Phi) is 7.85. The third kappa shape index (κ3) is 5.39. The maximum atomic E-state index is 3.88. The van der Waals surface area contributed by atoms with Crippen molar-refractivity contribution < 1.29 is 0 Å². The molecular formula is C37H38. The van der Waals surface area contributed by atoms with Crippen LogP contribution in [0.25, 0.3) is 23.3 Å². The third-order valence-corrected chi connectivity index (χ3v) is 8.24. The topological polar surface area (TPSA) is 0 Å². The molecule has 0 unspecified atom stereocenters. The zero-order valence-electron chi connectivity index (χ0n) is 22.0. The standard InChI is InChI=1S/C37H38/c1-3-29-19-23-31(24-20-29)13-9-11-27-37(28-12-10-14-32-25-21-30(4-2)22-26-32)35-17-7-5-15-33(35)34-16-6-8-18-36(34)37/h3-8,15-26H,1-2,9-14,27-28H2. The van der Waals surface area contributed by atoms with E-state index >= 15 is 0 Å². The minimum atomic E-state index is 0.118. The van der Waals surface area contributed by atoms with Crippen molar-refractivity contribution in [2.24, 2.45) is 0 Å². The summed E-state index contributed by atoms with van der Waals surface area (Å²) in [6.07, 6.45) is 13.4. The molecule has 4 aromatic carbocycles. The highest BCUT2D eigenvalue weighted by Gasteiger charge is 2.41. The SMILES string of the molecule is C=Cc1ccc(CCCCC2(CCCCc3ccc(C=C)cc3)c3ccccc3-c3ccccc32)cc1. The fraction of sp³-hybridized carbons (Fsp3) is 0.243. The van der Waals surface area contributed by atoms with Crippen LogP contribution in [0.2, 0.25) is 0 Å². The van der Waals surface area contributed by atoms with E-state index in [1.165, 1.54) is 71.9 Å². The number of hydrogen-bond acceptors (Lipinski definition) is 0. The van der Waals surface area contributed by atoms with Gasteiger partial charge in [0.1, 0.15) is 0 Å². The summed E-state index contributed by atoms with van der Waals surface area (Å²) in [5.74, 6) is 0. The van der Waals surface area contributed by atoms with Gasteiger partial charge in [0.15, 0.2) is 0 Å². The molecule has 186 valence electrons. The maximum Gasteiger partial charge on any atom is 0.0215 e. The highest BCUT2D eigenvalue weighted by atomic mass is 14.4. The molecule has 0 heteroatoms. The van der Waals surface area contributed by atoms with Gasteiger partial charge in [-0.25, -0.2) is 0 Å². The molecule has 5 rings (SSSR count). The van der Waals surface area contributed by atoms with Gasteiger partial charge in [0, 0.05) is 5.41 Å². The van der Waals surface area contributed by atoms with Crippen LogP contribution in [0.4, 0.5) is 0 Å². The molecular weight excluding hydrogens is 444 g/mol. The fourth-order valence-corrected chi connectivity index (χ4v) is 6.23. The highest BCUT2D eigenvalue weighted by molar-refractivity contribution is 5.81. The van der Waals surface area contributed by atoms with Crippen LogP contribution in [-0.4, -0.2) is 0 Å². The second-order valence-electron chi connectivity index (χ2n) is 10.5. The lowest BCUT2D eigenvalue weighted by molar-refractivity contribution is 0.407. The molecule has 0 spiro atoms. The van der Waals surface area contributed by atoms with Crippen LogP contribution >= 0.6 is 0 Å². The van der Waals surface area contributed by atoms with Gasteiger partial charge in [-0.15, -0.1) is 0 Å². The smallest absolute Gasteiger partial charge is 0.0215 e. The Morgan fingerprint density at radius 3 is 1.30 bits per heavy atom. The Morgan fingerprint density at radius 2 is 0.892 bits per heavy atom. The quantitative estimate of drug-likeness (QED) is 0.176. The Labute approximate surface area is 223 Å². The van der Waals surface area contributed by atoms with Gasteiger partial charge in [-0.3, -0.25) is 0 Å². The molecule has 0 saturated carbocycles. The zero-order valence-corrected chi connectivity index (χ0v) is 22.0. The molecule has 0 N–H and O–H groups in total. The summed E-state index contributed by atoms with van der Waals surface area (Å²) in [4.78, 5) is 0. The Bertz CT molecular complexity index is 1230. The van der Waals surface area contributed by atoms with Crippen molar-refractivity contribution in [2.45, 2.75) is 56.8 Å². The molecule has 0 aromatic heterocycles. The highest BCUT2D eigenvalue weighted by Crippen LogP contribution is 2.53. The van der Waals surface area contributed by atoms with Gasteiger partial charge in [0.25, 0.3) is 0 Å². The molecule has 1 aliphatic rings. The first-order valence-electron chi connectivity index (χ1n) is 13.9. The summed E-state index contributed by atoms with van der Waals surface area (Å²) in [5, 5.41) is 0. The van der Waals surface area contributed by atoms with Gasteiger partial charge in [0.2, 0.25) is 0 Å². The number of rotatable bonds is 12. The summed E-state index contributed by atoms with van der Waals surface area (Å²) < 4.78 is 0. The number of unbranched alkanes of at least 4 members (excludes halogenated alkanes) is 2. The van der Waals surface area contributed by atoms with Gasteiger partial charge in [-0.1, -0.05) is 135 Å². The Balaban J connectivity index is 1.31. The Hall–Kier alpha value is -3.64. The third-order valence-electron chi connectivity index (χ3n) is 8.24. The zero-order chi connectivity index (χ0) is 25.5. The average molecular weight is 483 g/mol. The second-order valence-corrected chi connectivity index (χ2v) is 10.5. The molecule has 0 bridgehead atoms. The number of aryl methyl sites for hydroxylation is 2. The van der Waals surface area contributed by atoms with Crippen LogP contribution in [0.15, 0.2) is 110 Å². The van der Waals surface area contributed by atoms with E-state index in [9.17, 15) is 0 Å². The molecule has 37 heavy (non-hydrogen) atoms. The van der Waals surface area contributed by atoms with Crippen molar-refractivity contribution in [1.82, 2.24) is 0 Å². The average Bonchev–Trinajstić information content (AvgIpc) is 3.24. The first-order chi connectivity index (χ1) is 18.2. The van der Waals surface area contributed by atoms with Crippen molar-refractivity contribution >= 4 is 12.2 Å². The summed E-state index contributed by atoms with van der Waals surface area (Å²) in [5.41, 5.74) is 11.3. The van der Waals surface area contributed by atoms with E-state index < -0.39 is 0 Å². The van der Waals surface area contributed by atoms with Crippen molar-refractivity contribution in [3.63, 3.8) is 0 Å². The Morgan fingerprint density at radius 1 is 0.486 bits per heavy atom. The second kappa shape index (κ2) is 11.6. The molecule has 0 aliphatic heterocycles. The minimum Gasteiger partial charge on any atom is -0.0985 e. The van der Waals surface area contributed by atoms with E-state index in [4.69, 9.17) is 0 Å². The lowest BCUT2D eigenvalue weighted by Crippen LogP contribution is -2.25. The van der Waals surface area contributed by atoms with E-state index in [0.29, 0.717) is 0 Å². The van der Waals surface area contributed by atoms with Crippen molar-refractivity contribution in [2.75, 3.05) is 0 Å². The normalized spacial score (nSPS) is 13.1. The predicted octanol–water partition coefficient (Wildman–Crippen LogP) is 10.1. The molecule has 1 aliphatic carbocycles. The minimum absolute atomic E-state index is 0.118. The largest absolute Gasteiger partial charge is 0.0985 e. The molecule has 0 radical (unpaired) electrons. The van der Waals surface area contributed by atoms with E-state index in [1.54, 1.807) is 11.1 Å². The number of benzene rings is 4. The number of hydrogen-bond donors (Lipinski definition) is 0. The van der Waals surface area contributed by atoms with Gasteiger partial charge in [-0.05, 0) is 83.0 Å². The van der Waals surface area contributed by atoms with Gasteiger partial charge < -0.3 is 0 Å². The predicted molar refractivity (Wildman–Crippen MR) is 161 cm³/mol. The van der Waals surface area contributed by atoms with Crippen LogP contribution in [0.3, 0.4) is 0 Å².